The SMILES string of the molecule is CC/C=C\C/C=C\C/C=C\CCCC(=O)OCC(COC(=O)CCCCCCCC/C=C\C=C/CCCCC)OC(=O)CCCCCCCCC/C=C\CCCCCC. The molecule has 0 spiro atoms. The summed E-state index contributed by atoms with van der Waals surface area (Å²) >= 11 is 0. The van der Waals surface area contributed by atoms with E-state index in [0.717, 1.165) is 70.6 Å². The van der Waals surface area contributed by atoms with E-state index in [0.29, 0.717) is 19.3 Å². The zero-order chi connectivity index (χ0) is 43.0. The number of ether oxygens (including phenoxy) is 3. The van der Waals surface area contributed by atoms with Crippen LogP contribution < -0.4 is 0 Å². The second-order valence-electron chi connectivity index (χ2n) is 16.0. The molecule has 0 bridgehead atoms. The molecule has 0 radical (unpaired) electrons. The quantitative estimate of drug-likeness (QED) is 0.0200. The van der Waals surface area contributed by atoms with E-state index < -0.39 is 6.10 Å². The summed E-state index contributed by atoms with van der Waals surface area (Å²) in [7, 11) is 0. The molecule has 0 aliphatic rings. The Morgan fingerprint density at radius 1 is 0.373 bits per heavy atom. The Bertz CT molecular complexity index is 1130. The van der Waals surface area contributed by atoms with Crippen LogP contribution in [-0.4, -0.2) is 37.2 Å². The van der Waals surface area contributed by atoms with Crippen molar-refractivity contribution >= 4 is 17.9 Å². The van der Waals surface area contributed by atoms with Gasteiger partial charge in [-0.1, -0.05) is 184 Å². The number of allylic oxidation sites excluding steroid dienone is 12. The van der Waals surface area contributed by atoms with Crippen molar-refractivity contribution < 1.29 is 28.6 Å². The van der Waals surface area contributed by atoms with Crippen molar-refractivity contribution in [3.05, 3.63) is 72.9 Å². The summed E-state index contributed by atoms with van der Waals surface area (Å²) in [5, 5.41) is 0. The normalized spacial score (nSPS) is 12.7. The van der Waals surface area contributed by atoms with Crippen molar-refractivity contribution in [3.8, 4) is 0 Å². The number of carbonyl (C=O) groups excluding carboxylic acids is 3. The van der Waals surface area contributed by atoms with Crippen LogP contribution in [0, 0.1) is 0 Å². The molecule has 0 saturated heterocycles. The second kappa shape index (κ2) is 47.5. The van der Waals surface area contributed by atoms with Gasteiger partial charge in [0, 0.05) is 19.3 Å². The Morgan fingerprint density at radius 3 is 1.25 bits per heavy atom. The highest BCUT2D eigenvalue weighted by Crippen LogP contribution is 2.13. The zero-order valence-electron chi connectivity index (χ0n) is 38.5. The zero-order valence-corrected chi connectivity index (χ0v) is 38.5. The number of carbonyl (C=O) groups is 3. The Morgan fingerprint density at radius 2 is 0.729 bits per heavy atom. The molecular formula is C53H90O6. The fourth-order valence-electron chi connectivity index (χ4n) is 6.51. The van der Waals surface area contributed by atoms with Gasteiger partial charge < -0.3 is 14.2 Å². The fraction of sp³-hybridized carbons (Fsp3) is 0.717. The summed E-state index contributed by atoms with van der Waals surface area (Å²) in [5.41, 5.74) is 0. The maximum atomic E-state index is 12.8. The van der Waals surface area contributed by atoms with Crippen molar-refractivity contribution in [3.63, 3.8) is 0 Å². The van der Waals surface area contributed by atoms with Crippen LogP contribution in [-0.2, 0) is 28.6 Å². The van der Waals surface area contributed by atoms with Gasteiger partial charge in [0.05, 0.1) is 0 Å². The molecule has 0 amide bonds. The highest BCUT2D eigenvalue weighted by Gasteiger charge is 2.19. The topological polar surface area (TPSA) is 78.9 Å². The van der Waals surface area contributed by atoms with E-state index in [4.69, 9.17) is 14.2 Å². The molecule has 0 aromatic rings. The van der Waals surface area contributed by atoms with Gasteiger partial charge in [-0.3, -0.25) is 14.4 Å². The molecule has 0 aromatic heterocycles. The summed E-state index contributed by atoms with van der Waals surface area (Å²) in [6, 6.07) is 0. The molecule has 0 N–H and O–H groups in total. The van der Waals surface area contributed by atoms with Gasteiger partial charge in [0.25, 0.3) is 0 Å². The summed E-state index contributed by atoms with van der Waals surface area (Å²) in [6.07, 6.45) is 58.9. The minimum Gasteiger partial charge on any atom is -0.462 e. The van der Waals surface area contributed by atoms with Gasteiger partial charge in [0.2, 0.25) is 0 Å². The monoisotopic (exact) mass is 823 g/mol. The molecule has 1 atom stereocenters. The van der Waals surface area contributed by atoms with E-state index in [9.17, 15) is 14.4 Å². The number of unbranched alkanes of at least 4 members (excludes halogenated alkanes) is 21. The smallest absolute Gasteiger partial charge is 0.306 e. The van der Waals surface area contributed by atoms with Crippen LogP contribution in [0.25, 0.3) is 0 Å². The molecule has 0 aromatic carbocycles. The van der Waals surface area contributed by atoms with Crippen LogP contribution >= 0.6 is 0 Å². The molecule has 0 heterocycles. The highest BCUT2D eigenvalue weighted by atomic mass is 16.6. The van der Waals surface area contributed by atoms with Crippen LogP contribution in [0.4, 0.5) is 0 Å². The molecule has 338 valence electrons. The summed E-state index contributed by atoms with van der Waals surface area (Å²) in [6.45, 7) is 6.41. The Labute approximate surface area is 363 Å². The van der Waals surface area contributed by atoms with Gasteiger partial charge in [-0.2, -0.15) is 0 Å². The Balaban J connectivity index is 4.45. The largest absolute Gasteiger partial charge is 0.462 e. The van der Waals surface area contributed by atoms with Gasteiger partial charge in [-0.05, 0) is 96.3 Å². The predicted octanol–water partition coefficient (Wildman–Crippen LogP) is 15.9. The predicted molar refractivity (Wildman–Crippen MR) is 251 cm³/mol. The number of esters is 3. The molecule has 0 aliphatic carbocycles. The molecule has 6 nitrogen and oxygen atoms in total. The molecule has 6 heteroatoms. The first kappa shape index (κ1) is 55.9. The third-order valence-corrected chi connectivity index (χ3v) is 10.2. The van der Waals surface area contributed by atoms with Crippen LogP contribution in [0.15, 0.2) is 72.9 Å². The summed E-state index contributed by atoms with van der Waals surface area (Å²) in [4.78, 5) is 37.8. The average Bonchev–Trinajstić information content (AvgIpc) is 3.23. The van der Waals surface area contributed by atoms with Crippen molar-refractivity contribution in [2.75, 3.05) is 13.2 Å². The lowest BCUT2D eigenvalue weighted by Crippen LogP contribution is -2.30. The third kappa shape index (κ3) is 45.8. The van der Waals surface area contributed by atoms with E-state index in [1.165, 1.54) is 109 Å². The standard InChI is InChI=1S/C53H90O6/c1-4-7-10-13-16-19-22-24-26-28-31-34-37-40-43-46-52(55)58-49-50(48-57-51(54)45-42-39-36-33-30-21-18-15-12-9-6-3)59-53(56)47-44-41-38-35-32-29-27-25-23-20-17-14-11-8-5-2/h9,12,16,18-24,33,36,50H,4-8,10-11,13-15,17,25-32,34-35,37-49H2,1-3H3/b12-9-,19-16-,21-18-,23-20-,24-22-,36-33-. The Kier molecular flexibility index (Phi) is 45.0. The van der Waals surface area contributed by atoms with Crippen molar-refractivity contribution in [2.45, 2.75) is 232 Å². The minimum absolute atomic E-state index is 0.0994. The van der Waals surface area contributed by atoms with Crippen LogP contribution in [0.1, 0.15) is 226 Å². The molecule has 1 unspecified atom stereocenters. The maximum Gasteiger partial charge on any atom is 0.306 e. The number of hydrogen-bond acceptors (Lipinski definition) is 6. The van der Waals surface area contributed by atoms with E-state index >= 15 is 0 Å². The minimum atomic E-state index is -0.801. The van der Waals surface area contributed by atoms with Crippen molar-refractivity contribution in [1.82, 2.24) is 0 Å². The molecular weight excluding hydrogens is 733 g/mol. The summed E-state index contributed by atoms with van der Waals surface area (Å²) in [5.74, 6) is -0.973. The lowest BCUT2D eigenvalue weighted by molar-refractivity contribution is -0.167. The van der Waals surface area contributed by atoms with E-state index in [2.05, 4.69) is 93.7 Å². The van der Waals surface area contributed by atoms with Gasteiger partial charge in [0.15, 0.2) is 6.10 Å². The van der Waals surface area contributed by atoms with Gasteiger partial charge >= 0.3 is 17.9 Å². The number of hydrogen-bond donors (Lipinski definition) is 0. The van der Waals surface area contributed by atoms with Crippen LogP contribution in [0.2, 0.25) is 0 Å². The summed E-state index contributed by atoms with van der Waals surface area (Å²) < 4.78 is 16.7. The first-order valence-corrected chi connectivity index (χ1v) is 24.5. The van der Waals surface area contributed by atoms with Crippen molar-refractivity contribution in [1.29, 1.82) is 0 Å². The molecule has 0 rings (SSSR count). The lowest BCUT2D eigenvalue weighted by atomic mass is 10.1. The van der Waals surface area contributed by atoms with Crippen LogP contribution in [0.5, 0.6) is 0 Å². The first-order chi connectivity index (χ1) is 29.0. The van der Waals surface area contributed by atoms with E-state index in [1.54, 1.807) is 0 Å². The first-order valence-electron chi connectivity index (χ1n) is 24.5. The van der Waals surface area contributed by atoms with Crippen molar-refractivity contribution in [2.24, 2.45) is 0 Å². The fourth-order valence-corrected chi connectivity index (χ4v) is 6.51. The highest BCUT2D eigenvalue weighted by molar-refractivity contribution is 5.71. The molecule has 59 heavy (non-hydrogen) atoms. The van der Waals surface area contributed by atoms with Crippen LogP contribution in [0.3, 0.4) is 0 Å². The van der Waals surface area contributed by atoms with E-state index in [1.807, 2.05) is 0 Å². The van der Waals surface area contributed by atoms with Gasteiger partial charge in [-0.15, -0.1) is 0 Å². The average molecular weight is 823 g/mol. The molecule has 0 aliphatic heterocycles. The lowest BCUT2D eigenvalue weighted by Gasteiger charge is -2.18. The number of rotatable bonds is 43. The second-order valence-corrected chi connectivity index (χ2v) is 16.0. The Hall–Kier alpha value is -3.15. The maximum absolute atomic E-state index is 12.8. The van der Waals surface area contributed by atoms with Gasteiger partial charge in [0.1, 0.15) is 13.2 Å². The third-order valence-electron chi connectivity index (χ3n) is 10.2. The van der Waals surface area contributed by atoms with Gasteiger partial charge in [-0.25, -0.2) is 0 Å². The van der Waals surface area contributed by atoms with E-state index in [-0.39, 0.29) is 37.5 Å². The molecule has 0 saturated carbocycles. The molecule has 0 fully saturated rings.